The molecule has 0 fully saturated rings. The largest absolute Gasteiger partial charge is 0.309 e. The molecule has 0 bridgehead atoms. The predicted molar refractivity (Wildman–Crippen MR) is 184 cm³/mol. The van der Waals surface area contributed by atoms with Gasteiger partial charge in [0, 0.05) is 16.5 Å². The van der Waals surface area contributed by atoms with Crippen LogP contribution < -0.4 is 0 Å². The molecule has 1 nitrogen and oxygen atoms in total. The minimum Gasteiger partial charge on any atom is -0.309 e. The normalized spacial score (nSPS) is 13.2. The van der Waals surface area contributed by atoms with Gasteiger partial charge in [0.1, 0.15) is 0 Å². The van der Waals surface area contributed by atoms with Gasteiger partial charge < -0.3 is 4.57 Å². The molecule has 0 atom stereocenters. The number of para-hydroxylation sites is 2. The van der Waals surface area contributed by atoms with Gasteiger partial charge in [-0.2, -0.15) is 0 Å². The summed E-state index contributed by atoms with van der Waals surface area (Å²) in [7, 11) is 0. The van der Waals surface area contributed by atoms with Gasteiger partial charge in [0.05, 0.1) is 16.4 Å². The minimum atomic E-state index is -0.452. The molecule has 0 radical (unpaired) electrons. The number of rotatable bonds is 4. The summed E-state index contributed by atoms with van der Waals surface area (Å²) in [4.78, 5) is 0. The molecule has 1 heteroatoms. The van der Waals surface area contributed by atoms with E-state index < -0.39 is 5.41 Å². The van der Waals surface area contributed by atoms with E-state index in [-0.39, 0.29) is 0 Å². The summed E-state index contributed by atoms with van der Waals surface area (Å²) in [6.07, 6.45) is 0. The van der Waals surface area contributed by atoms with Crippen LogP contribution in [0.4, 0.5) is 0 Å². The van der Waals surface area contributed by atoms with Crippen molar-refractivity contribution in [3.8, 4) is 27.9 Å². The van der Waals surface area contributed by atoms with Crippen LogP contribution in [0.2, 0.25) is 0 Å². The molecule has 9 rings (SSSR count). The second-order valence-electron chi connectivity index (χ2n) is 11.7. The van der Waals surface area contributed by atoms with E-state index in [9.17, 15) is 0 Å². The van der Waals surface area contributed by atoms with Gasteiger partial charge in [-0.1, -0.05) is 152 Å². The van der Waals surface area contributed by atoms with Crippen LogP contribution in [-0.2, 0) is 5.41 Å². The fourth-order valence-electron chi connectivity index (χ4n) is 7.74. The fourth-order valence-corrected chi connectivity index (χ4v) is 7.74. The van der Waals surface area contributed by atoms with Crippen molar-refractivity contribution < 1.29 is 0 Å². The Hall–Kier alpha value is -5.66. The minimum absolute atomic E-state index is 0.452. The monoisotopic (exact) mass is 559 g/mol. The molecule has 0 N–H and O–H groups in total. The van der Waals surface area contributed by atoms with E-state index >= 15 is 0 Å². The summed E-state index contributed by atoms with van der Waals surface area (Å²) in [6.45, 7) is 0. The average molecular weight is 560 g/mol. The Balaban J connectivity index is 1.40. The molecule has 0 saturated carbocycles. The highest BCUT2D eigenvalue weighted by atomic mass is 15.0. The maximum absolute atomic E-state index is 2.41. The van der Waals surface area contributed by atoms with Crippen LogP contribution in [0.25, 0.3) is 49.7 Å². The van der Waals surface area contributed by atoms with Gasteiger partial charge in [0.25, 0.3) is 0 Å². The fraction of sp³-hybridized carbons (Fsp3) is 0.0233. The van der Waals surface area contributed by atoms with Gasteiger partial charge in [-0.25, -0.2) is 0 Å². The van der Waals surface area contributed by atoms with Gasteiger partial charge >= 0.3 is 0 Å². The Labute approximate surface area is 257 Å². The smallest absolute Gasteiger partial charge is 0.0719 e. The zero-order chi connectivity index (χ0) is 29.1. The highest BCUT2D eigenvalue weighted by Crippen LogP contribution is 2.58. The number of nitrogens with zero attached hydrogens (tertiary/aromatic N) is 1. The number of benzene rings is 7. The van der Waals surface area contributed by atoms with E-state index in [2.05, 4.69) is 180 Å². The Morgan fingerprint density at radius 1 is 0.386 bits per heavy atom. The van der Waals surface area contributed by atoms with E-state index in [0.717, 1.165) is 0 Å². The molecule has 0 amide bonds. The first-order valence-electron chi connectivity index (χ1n) is 15.3. The number of hydrogen-bond acceptors (Lipinski definition) is 0. The van der Waals surface area contributed by atoms with E-state index in [1.54, 1.807) is 0 Å². The molecule has 1 heterocycles. The van der Waals surface area contributed by atoms with Crippen molar-refractivity contribution >= 4 is 21.8 Å². The highest BCUT2D eigenvalue weighted by molar-refractivity contribution is 6.10. The molecule has 7 aromatic carbocycles. The summed E-state index contributed by atoms with van der Waals surface area (Å²) < 4.78 is 2.41. The molecular weight excluding hydrogens is 530 g/mol. The van der Waals surface area contributed by atoms with Gasteiger partial charge in [0.15, 0.2) is 0 Å². The van der Waals surface area contributed by atoms with Crippen LogP contribution in [-0.4, -0.2) is 4.57 Å². The molecule has 8 aromatic rings. The van der Waals surface area contributed by atoms with Crippen LogP contribution in [0, 0.1) is 0 Å². The first-order chi connectivity index (χ1) is 21.9. The maximum atomic E-state index is 2.41. The summed E-state index contributed by atoms with van der Waals surface area (Å²) in [5.41, 5.74) is 13.5. The molecule has 0 saturated heterocycles. The Bertz CT molecular complexity index is 2270. The summed E-state index contributed by atoms with van der Waals surface area (Å²) in [5.74, 6) is 0. The van der Waals surface area contributed by atoms with Crippen molar-refractivity contribution in [2.24, 2.45) is 0 Å². The van der Waals surface area contributed by atoms with Crippen LogP contribution in [0.5, 0.6) is 0 Å². The summed E-state index contributed by atoms with van der Waals surface area (Å²) in [6, 6.07) is 64.5. The van der Waals surface area contributed by atoms with Crippen LogP contribution in [0.3, 0.4) is 0 Å². The molecule has 0 aliphatic heterocycles. The molecule has 44 heavy (non-hydrogen) atoms. The van der Waals surface area contributed by atoms with E-state index in [1.165, 1.54) is 72.0 Å². The topological polar surface area (TPSA) is 4.93 Å². The van der Waals surface area contributed by atoms with Crippen molar-refractivity contribution in [2.45, 2.75) is 5.41 Å². The second kappa shape index (κ2) is 9.69. The van der Waals surface area contributed by atoms with Crippen molar-refractivity contribution in [1.82, 2.24) is 4.57 Å². The quantitative estimate of drug-likeness (QED) is 0.202. The zero-order valence-corrected chi connectivity index (χ0v) is 24.2. The van der Waals surface area contributed by atoms with Crippen molar-refractivity contribution in [1.29, 1.82) is 0 Å². The van der Waals surface area contributed by atoms with E-state index in [0.29, 0.717) is 0 Å². The lowest BCUT2D eigenvalue weighted by atomic mass is 9.66. The lowest BCUT2D eigenvalue weighted by Gasteiger charge is -2.35. The lowest BCUT2D eigenvalue weighted by molar-refractivity contribution is 0.770. The SMILES string of the molecule is c1ccc(-n2c3ccccc3c3ccc(-c4cccc5c4C(c4ccccc4)(c4ccccc4)c4ccccc4-5)cc32)cc1. The average Bonchev–Trinajstić information content (AvgIpc) is 3.60. The van der Waals surface area contributed by atoms with Crippen molar-refractivity contribution in [3.05, 3.63) is 198 Å². The number of hydrogen-bond donors (Lipinski definition) is 0. The molecular formula is C43H29N. The first kappa shape index (κ1) is 24.9. The third kappa shape index (κ3) is 3.41. The van der Waals surface area contributed by atoms with E-state index in [1.807, 2.05) is 0 Å². The Morgan fingerprint density at radius 3 is 1.70 bits per heavy atom. The van der Waals surface area contributed by atoms with E-state index in [4.69, 9.17) is 0 Å². The maximum Gasteiger partial charge on any atom is 0.0719 e. The second-order valence-corrected chi connectivity index (χ2v) is 11.7. The van der Waals surface area contributed by atoms with Gasteiger partial charge in [-0.3, -0.25) is 0 Å². The molecule has 0 unspecified atom stereocenters. The third-order valence-electron chi connectivity index (χ3n) is 9.47. The van der Waals surface area contributed by atoms with Gasteiger partial charge in [0.2, 0.25) is 0 Å². The number of aromatic nitrogens is 1. The Morgan fingerprint density at radius 2 is 0.955 bits per heavy atom. The van der Waals surface area contributed by atoms with Gasteiger partial charge in [-0.15, -0.1) is 0 Å². The van der Waals surface area contributed by atoms with Crippen molar-refractivity contribution in [2.75, 3.05) is 0 Å². The first-order valence-corrected chi connectivity index (χ1v) is 15.3. The van der Waals surface area contributed by atoms with Crippen LogP contribution >= 0.6 is 0 Å². The van der Waals surface area contributed by atoms with Gasteiger partial charge in [-0.05, 0) is 68.8 Å². The van der Waals surface area contributed by atoms with Crippen molar-refractivity contribution in [3.63, 3.8) is 0 Å². The molecule has 206 valence electrons. The predicted octanol–water partition coefficient (Wildman–Crippen LogP) is 10.8. The number of fused-ring (bicyclic) bond motifs is 6. The Kier molecular flexibility index (Phi) is 5.48. The van der Waals surface area contributed by atoms with Crippen LogP contribution in [0.1, 0.15) is 22.3 Å². The molecule has 0 spiro atoms. The highest BCUT2D eigenvalue weighted by Gasteiger charge is 2.47. The molecule has 1 aliphatic carbocycles. The summed E-state index contributed by atoms with van der Waals surface area (Å²) >= 11 is 0. The standard InChI is InChI=1S/C43H29N/c1-4-15-31(16-5-1)43(32-17-6-2-7-18-32)39-25-12-10-21-35(39)38-24-14-23-34(42(38)43)30-27-28-37-36-22-11-13-26-40(36)44(41(37)29-30)33-19-8-3-9-20-33/h1-29H. The zero-order valence-electron chi connectivity index (χ0n) is 24.2. The molecule has 1 aliphatic rings. The van der Waals surface area contributed by atoms with Crippen LogP contribution in [0.15, 0.2) is 176 Å². The summed E-state index contributed by atoms with van der Waals surface area (Å²) in [5, 5.41) is 2.54. The molecule has 1 aromatic heterocycles. The lowest BCUT2D eigenvalue weighted by Crippen LogP contribution is -2.29. The third-order valence-corrected chi connectivity index (χ3v) is 9.47.